The molecule has 0 aromatic rings. The van der Waals surface area contributed by atoms with Crippen LogP contribution in [-0.4, -0.2) is 23.4 Å². The van der Waals surface area contributed by atoms with Crippen molar-refractivity contribution in [2.75, 3.05) is 0 Å². The normalized spacial score (nSPS) is 3.62. The summed E-state index contributed by atoms with van der Waals surface area (Å²) >= 11 is 0. The largest absolute Gasteiger partial charge is 1.00 e. The number of carbonyl (C=O) groups excluding carboxylic acids is 3. The summed E-state index contributed by atoms with van der Waals surface area (Å²) < 4.78 is 0. The molecule has 0 fully saturated rings. The van der Waals surface area contributed by atoms with E-state index in [0.29, 0.717) is 0 Å². The first kappa shape index (κ1) is 15.9. The summed E-state index contributed by atoms with van der Waals surface area (Å²) in [6.45, 7) is -0.0694. The average Bonchev–Trinajstić information content (AvgIpc) is 1.69. The summed E-state index contributed by atoms with van der Waals surface area (Å²) in [6, 6.07) is 0. The molecule has 0 radical (unpaired) electrons. The van der Waals surface area contributed by atoms with Gasteiger partial charge in [0.1, 0.15) is 0 Å². The molecule has 0 aromatic heterocycles. The third-order valence-electron chi connectivity index (χ3n) is 0.0430. The Kier molecular flexibility index (Phi) is 83.1. The van der Waals surface area contributed by atoms with Crippen molar-refractivity contribution in [2.45, 2.75) is 0 Å². The SMILES string of the molecule is O.O=C=O.O=COO.[H+]. The van der Waals surface area contributed by atoms with E-state index in [4.69, 9.17) is 19.6 Å². The smallest absolute Gasteiger partial charge is 0.412 e. The van der Waals surface area contributed by atoms with Crippen molar-refractivity contribution in [2.24, 2.45) is 0 Å². The Labute approximate surface area is 45.4 Å². The van der Waals surface area contributed by atoms with Gasteiger partial charge in [-0.3, -0.25) is 4.79 Å². The van der Waals surface area contributed by atoms with E-state index in [1.165, 1.54) is 0 Å². The minimum absolute atomic E-state index is 0. The van der Waals surface area contributed by atoms with E-state index >= 15 is 0 Å². The molecule has 3 N–H and O–H groups in total. The lowest BCUT2D eigenvalue weighted by molar-refractivity contribution is -0.217. The van der Waals surface area contributed by atoms with E-state index < -0.39 is 0 Å². The van der Waals surface area contributed by atoms with Gasteiger partial charge in [-0.1, -0.05) is 0 Å². The van der Waals surface area contributed by atoms with Crippen molar-refractivity contribution in [3.05, 3.63) is 0 Å². The van der Waals surface area contributed by atoms with Crippen molar-refractivity contribution in [1.29, 1.82) is 0 Å². The van der Waals surface area contributed by atoms with Crippen LogP contribution in [0.2, 0.25) is 0 Å². The van der Waals surface area contributed by atoms with Crippen LogP contribution in [-0.2, 0) is 19.3 Å². The maximum absolute atomic E-state index is 8.70. The van der Waals surface area contributed by atoms with Gasteiger partial charge in [0.25, 0.3) is 0 Å². The molecule has 6 heteroatoms. The first-order valence-electron chi connectivity index (χ1n) is 1.06. The van der Waals surface area contributed by atoms with E-state index in [1.807, 2.05) is 0 Å². The highest BCUT2D eigenvalue weighted by molar-refractivity contribution is 5.35. The minimum atomic E-state index is -0.0694. The zero-order chi connectivity index (χ0) is 6.12. The third kappa shape index (κ3) is 1280. The van der Waals surface area contributed by atoms with E-state index in [-0.39, 0.29) is 19.5 Å². The highest BCUT2D eigenvalue weighted by Gasteiger charge is 1.47. The molecule has 0 aromatic carbocycles. The fraction of sp³-hybridized carbons (Fsp3) is 0. The maximum Gasteiger partial charge on any atom is 1.00 e. The summed E-state index contributed by atoms with van der Waals surface area (Å²) in [5, 5.41) is 7.01. The second-order valence-corrected chi connectivity index (χ2v) is 0.285. The minimum Gasteiger partial charge on any atom is -0.412 e. The fourth-order valence-electron chi connectivity index (χ4n) is 0. The molecule has 0 bridgehead atoms. The second kappa shape index (κ2) is 41.9. The number of rotatable bonds is 1. The van der Waals surface area contributed by atoms with Gasteiger partial charge in [-0.15, -0.1) is 0 Å². The van der Waals surface area contributed by atoms with Gasteiger partial charge in [0.05, 0.1) is 0 Å². The Bertz CT molecular complexity index is 65.5. The highest BCUT2D eigenvalue weighted by atomic mass is 17.1. The van der Waals surface area contributed by atoms with Crippen LogP contribution in [0.3, 0.4) is 0 Å². The molecule has 0 spiro atoms. The Morgan fingerprint density at radius 3 is 1.75 bits per heavy atom. The Balaban J connectivity index is -0.0000000233. The average molecular weight is 125 g/mol. The first-order chi connectivity index (χ1) is 3.33. The van der Waals surface area contributed by atoms with Gasteiger partial charge < -0.3 is 10.4 Å². The molecule has 0 saturated heterocycles. The van der Waals surface area contributed by atoms with Gasteiger partial charge in [-0.25, -0.2) is 5.26 Å². The molecular formula is C2H5O6+. The third-order valence-corrected chi connectivity index (χ3v) is 0.0430. The van der Waals surface area contributed by atoms with E-state index in [9.17, 15) is 0 Å². The maximum atomic E-state index is 8.70. The highest BCUT2D eigenvalue weighted by Crippen LogP contribution is 1.33. The first-order valence-corrected chi connectivity index (χ1v) is 1.06. The molecule has 0 unspecified atom stereocenters. The summed E-state index contributed by atoms with van der Waals surface area (Å²) in [4.78, 5) is 27.8. The molecule has 0 aliphatic rings. The Morgan fingerprint density at radius 2 is 1.75 bits per heavy atom. The lowest BCUT2D eigenvalue weighted by Crippen LogP contribution is -1.69. The van der Waals surface area contributed by atoms with Crippen molar-refractivity contribution >= 4 is 12.6 Å². The topological polar surface area (TPSA) is 112 Å². The van der Waals surface area contributed by atoms with Crippen LogP contribution in [0.15, 0.2) is 0 Å². The van der Waals surface area contributed by atoms with Gasteiger partial charge in [0.2, 0.25) is 0 Å². The van der Waals surface area contributed by atoms with Crippen LogP contribution in [0.25, 0.3) is 0 Å². The second-order valence-electron chi connectivity index (χ2n) is 0.285. The summed E-state index contributed by atoms with van der Waals surface area (Å²) in [6.07, 6.45) is 0.250. The van der Waals surface area contributed by atoms with Gasteiger partial charge in [-0.05, 0) is 0 Å². The van der Waals surface area contributed by atoms with Crippen molar-refractivity contribution in [3.8, 4) is 0 Å². The molecule has 0 heterocycles. The Hall–Kier alpha value is -1.23. The van der Waals surface area contributed by atoms with Crippen molar-refractivity contribution in [1.82, 2.24) is 0 Å². The summed E-state index contributed by atoms with van der Waals surface area (Å²) in [5.74, 6) is 0. The molecule has 0 aliphatic carbocycles. The van der Waals surface area contributed by atoms with Crippen molar-refractivity contribution < 1.29 is 31.4 Å². The van der Waals surface area contributed by atoms with Gasteiger partial charge >= 0.3 is 14.1 Å². The van der Waals surface area contributed by atoms with E-state index in [0.717, 1.165) is 0 Å². The van der Waals surface area contributed by atoms with Crippen LogP contribution in [0.4, 0.5) is 0 Å². The fourth-order valence-corrected chi connectivity index (χ4v) is 0. The Morgan fingerprint density at radius 1 is 1.62 bits per heavy atom. The predicted molar refractivity (Wildman–Crippen MR) is 19.5 cm³/mol. The molecule has 0 rings (SSSR count). The monoisotopic (exact) mass is 125 g/mol. The molecule has 8 heavy (non-hydrogen) atoms. The molecule has 0 aliphatic heterocycles. The summed E-state index contributed by atoms with van der Waals surface area (Å²) in [7, 11) is 0. The molecule has 0 atom stereocenters. The molecule has 0 saturated carbocycles. The van der Waals surface area contributed by atoms with Gasteiger partial charge in [0, 0.05) is 0 Å². The van der Waals surface area contributed by atoms with Crippen LogP contribution in [0, 0.1) is 0 Å². The summed E-state index contributed by atoms with van der Waals surface area (Å²) in [5.41, 5.74) is 0. The van der Waals surface area contributed by atoms with Crippen LogP contribution in [0.1, 0.15) is 1.43 Å². The van der Waals surface area contributed by atoms with Gasteiger partial charge in [-0.2, -0.15) is 9.59 Å². The standard InChI is InChI=1S/CH2O3.CO2.H2O/c2-1-4-3;2-1-3;/h1,3H;;1H2/p+1. The molecule has 48 valence electrons. The van der Waals surface area contributed by atoms with Gasteiger partial charge in [0.15, 0.2) is 0 Å². The number of hydrogen-bond acceptors (Lipinski definition) is 5. The zero-order valence-corrected chi connectivity index (χ0v) is 3.66. The molecule has 0 amide bonds. The number of hydrogen-bond donors (Lipinski definition) is 1. The molecular weight excluding hydrogens is 120 g/mol. The van der Waals surface area contributed by atoms with Crippen molar-refractivity contribution in [3.63, 3.8) is 0 Å². The number of carbonyl (C=O) groups is 1. The van der Waals surface area contributed by atoms with Crippen LogP contribution >= 0.6 is 0 Å². The quantitative estimate of drug-likeness (QED) is 0.256. The zero-order valence-electron chi connectivity index (χ0n) is 4.66. The van der Waals surface area contributed by atoms with Crippen LogP contribution in [0.5, 0.6) is 0 Å². The predicted octanol–water partition coefficient (Wildman–Crippen LogP) is -1.66. The van der Waals surface area contributed by atoms with E-state index in [1.54, 1.807) is 0 Å². The lowest BCUT2D eigenvalue weighted by atomic mass is 11.7. The lowest BCUT2D eigenvalue weighted by Gasteiger charge is -1.63. The van der Waals surface area contributed by atoms with E-state index in [2.05, 4.69) is 4.89 Å². The molecule has 6 nitrogen and oxygen atoms in total. The van der Waals surface area contributed by atoms with Crippen LogP contribution < -0.4 is 0 Å².